The van der Waals surface area contributed by atoms with E-state index in [2.05, 4.69) is 5.32 Å². The van der Waals surface area contributed by atoms with E-state index in [1.807, 2.05) is 0 Å². The molecule has 0 aromatic heterocycles. The third kappa shape index (κ3) is 4.60. The summed E-state index contributed by atoms with van der Waals surface area (Å²) in [5, 5.41) is 5.24. The van der Waals surface area contributed by atoms with Crippen LogP contribution in [0.1, 0.15) is 39.2 Å². The van der Waals surface area contributed by atoms with Gasteiger partial charge in [0.2, 0.25) is 0 Å². The molecule has 2 aromatic carbocycles. The predicted octanol–water partition coefficient (Wildman–Crippen LogP) is 4.97. The molecule has 0 atom stereocenters. The van der Waals surface area contributed by atoms with Crippen molar-refractivity contribution in [2.24, 2.45) is 5.41 Å². The van der Waals surface area contributed by atoms with Gasteiger partial charge >= 0.3 is 5.97 Å². The highest BCUT2D eigenvalue weighted by molar-refractivity contribution is 6.36. The van der Waals surface area contributed by atoms with Gasteiger partial charge in [-0.15, -0.1) is 0 Å². The van der Waals surface area contributed by atoms with Gasteiger partial charge < -0.3 is 14.9 Å². The second-order valence-corrected chi connectivity index (χ2v) is 10.1. The number of amides is 1. The molecule has 0 bridgehead atoms. The van der Waals surface area contributed by atoms with Crippen LogP contribution in [0.5, 0.6) is 0 Å². The molecule has 2 aliphatic heterocycles. The molecular weight excluding hydrogens is 459 g/mol. The van der Waals surface area contributed by atoms with E-state index in [4.69, 9.17) is 21.2 Å². The van der Waals surface area contributed by atoms with Gasteiger partial charge in [-0.25, -0.2) is 4.39 Å². The Morgan fingerprint density at radius 3 is 2.29 bits per heavy atom. The number of rotatable bonds is 4. The Kier molecular flexibility index (Phi) is 6.55. The molecule has 6 nitrogen and oxygen atoms in total. The zero-order valence-electron chi connectivity index (χ0n) is 19.7. The number of hydrogen-bond donors (Lipinski definition) is 1. The van der Waals surface area contributed by atoms with E-state index >= 15 is 0 Å². The van der Waals surface area contributed by atoms with Crippen LogP contribution in [0.4, 0.5) is 4.39 Å². The summed E-state index contributed by atoms with van der Waals surface area (Å²) in [6, 6.07) is 11.3. The van der Waals surface area contributed by atoms with Gasteiger partial charge in [-0.1, -0.05) is 29.8 Å². The molecule has 1 amide bonds. The van der Waals surface area contributed by atoms with Crippen molar-refractivity contribution >= 4 is 29.1 Å². The molecule has 0 saturated carbocycles. The fraction of sp³-hybridized carbons (Fsp3) is 0.385. The van der Waals surface area contributed by atoms with E-state index in [1.165, 1.54) is 12.1 Å². The maximum Gasteiger partial charge on any atom is 0.316 e. The van der Waals surface area contributed by atoms with Crippen molar-refractivity contribution in [2.45, 2.75) is 39.2 Å². The van der Waals surface area contributed by atoms with Gasteiger partial charge in [0, 0.05) is 23.7 Å². The summed E-state index contributed by atoms with van der Waals surface area (Å²) in [7, 11) is 1.60. The van der Waals surface area contributed by atoms with E-state index in [0.29, 0.717) is 42.3 Å². The second kappa shape index (κ2) is 9.13. The number of carbonyl (C=O) groups is 2. The van der Waals surface area contributed by atoms with Gasteiger partial charge in [0.05, 0.1) is 18.1 Å². The van der Waals surface area contributed by atoms with Gasteiger partial charge in [-0.05, 0) is 69.0 Å². The highest BCUT2D eigenvalue weighted by Crippen LogP contribution is 2.44. The van der Waals surface area contributed by atoms with Crippen LogP contribution in [-0.2, 0) is 19.2 Å². The standard InChI is InChI=1S/C26H28ClFN2O4/c1-25(2,3)24(32)34-22-21(23(31)29-26(22)11-13-30(33-4)14-12-26)19-15-17(7-10-20(19)27)16-5-8-18(28)9-6-16/h5-10,15H,11-14H2,1-4H3,(H,29,31). The first-order valence-corrected chi connectivity index (χ1v) is 11.6. The summed E-state index contributed by atoms with van der Waals surface area (Å²) in [6.45, 7) is 6.42. The number of ether oxygens (including phenoxy) is 1. The fourth-order valence-corrected chi connectivity index (χ4v) is 4.47. The van der Waals surface area contributed by atoms with E-state index in [0.717, 1.165) is 11.1 Å². The molecule has 1 spiro atoms. The molecule has 0 radical (unpaired) electrons. The molecule has 1 fully saturated rings. The lowest BCUT2D eigenvalue weighted by Crippen LogP contribution is -2.53. The summed E-state index contributed by atoms with van der Waals surface area (Å²) in [6.07, 6.45) is 1.02. The predicted molar refractivity (Wildman–Crippen MR) is 128 cm³/mol. The van der Waals surface area contributed by atoms with Crippen molar-refractivity contribution in [3.05, 3.63) is 64.6 Å². The van der Waals surface area contributed by atoms with Crippen LogP contribution in [0, 0.1) is 11.2 Å². The average molecular weight is 487 g/mol. The Morgan fingerprint density at radius 2 is 1.71 bits per heavy atom. The van der Waals surface area contributed by atoms with Crippen LogP contribution in [0.25, 0.3) is 16.7 Å². The first-order chi connectivity index (χ1) is 16.0. The average Bonchev–Trinajstić information content (AvgIpc) is 3.05. The monoisotopic (exact) mass is 486 g/mol. The number of nitrogens with zero attached hydrogens (tertiary/aromatic N) is 1. The number of piperidine rings is 1. The van der Waals surface area contributed by atoms with Crippen molar-refractivity contribution in [2.75, 3.05) is 20.2 Å². The van der Waals surface area contributed by atoms with Crippen LogP contribution in [0.3, 0.4) is 0 Å². The minimum absolute atomic E-state index is 0.248. The quantitative estimate of drug-likeness (QED) is 0.618. The highest BCUT2D eigenvalue weighted by atomic mass is 35.5. The van der Waals surface area contributed by atoms with E-state index < -0.39 is 16.9 Å². The van der Waals surface area contributed by atoms with Crippen molar-refractivity contribution in [1.29, 1.82) is 0 Å². The summed E-state index contributed by atoms with van der Waals surface area (Å²) in [5.41, 5.74) is 0.641. The first kappa shape index (κ1) is 24.4. The molecule has 1 N–H and O–H groups in total. The zero-order valence-corrected chi connectivity index (χ0v) is 20.5. The summed E-state index contributed by atoms with van der Waals surface area (Å²) >= 11 is 6.58. The molecule has 8 heteroatoms. The fourth-order valence-electron chi connectivity index (χ4n) is 4.26. The van der Waals surface area contributed by atoms with Gasteiger partial charge in [0.1, 0.15) is 17.1 Å². The van der Waals surface area contributed by atoms with Crippen molar-refractivity contribution < 1.29 is 23.6 Å². The Hall–Kier alpha value is -2.74. The summed E-state index contributed by atoms with van der Waals surface area (Å²) in [4.78, 5) is 31.7. The molecule has 34 heavy (non-hydrogen) atoms. The molecule has 2 heterocycles. The Balaban J connectivity index is 1.85. The number of nitrogens with one attached hydrogen (secondary N) is 1. The molecule has 2 aromatic rings. The molecule has 0 aliphatic carbocycles. The van der Waals surface area contributed by atoms with Gasteiger partial charge in [0.25, 0.3) is 5.91 Å². The maximum absolute atomic E-state index is 13.4. The number of benzene rings is 2. The van der Waals surface area contributed by atoms with Crippen molar-refractivity contribution in [3.8, 4) is 11.1 Å². The van der Waals surface area contributed by atoms with Crippen LogP contribution < -0.4 is 5.32 Å². The normalized spacial score (nSPS) is 18.4. The van der Waals surface area contributed by atoms with Crippen LogP contribution in [-0.4, -0.2) is 42.7 Å². The van der Waals surface area contributed by atoms with Crippen LogP contribution in [0.15, 0.2) is 48.2 Å². The van der Waals surface area contributed by atoms with Gasteiger partial charge in [0.15, 0.2) is 0 Å². The minimum atomic E-state index is -0.836. The summed E-state index contributed by atoms with van der Waals surface area (Å²) in [5.74, 6) is -0.820. The van der Waals surface area contributed by atoms with E-state index in [-0.39, 0.29) is 17.3 Å². The molecule has 180 valence electrons. The third-order valence-corrected chi connectivity index (χ3v) is 6.63. The number of hydrogen-bond acceptors (Lipinski definition) is 5. The Bertz CT molecular complexity index is 1150. The van der Waals surface area contributed by atoms with Crippen LogP contribution >= 0.6 is 11.6 Å². The lowest BCUT2D eigenvalue weighted by Gasteiger charge is -2.39. The summed E-state index contributed by atoms with van der Waals surface area (Å²) < 4.78 is 19.4. The highest BCUT2D eigenvalue weighted by Gasteiger charge is 2.50. The van der Waals surface area contributed by atoms with Crippen molar-refractivity contribution in [3.63, 3.8) is 0 Å². The topological polar surface area (TPSA) is 67.9 Å². The lowest BCUT2D eigenvalue weighted by molar-refractivity contribution is -0.159. The number of carbonyl (C=O) groups excluding carboxylic acids is 2. The smallest absolute Gasteiger partial charge is 0.316 e. The van der Waals surface area contributed by atoms with Gasteiger partial charge in [-0.3, -0.25) is 9.59 Å². The molecule has 4 rings (SSSR count). The SMILES string of the molecule is CON1CCC2(CC1)NC(=O)C(c1cc(-c3ccc(F)cc3)ccc1Cl)=C2OC(=O)C(C)(C)C. The van der Waals surface area contributed by atoms with Crippen molar-refractivity contribution in [1.82, 2.24) is 10.4 Å². The third-order valence-electron chi connectivity index (χ3n) is 6.30. The molecule has 0 unspecified atom stereocenters. The maximum atomic E-state index is 13.4. The second-order valence-electron chi connectivity index (χ2n) is 9.69. The minimum Gasteiger partial charge on any atom is -0.427 e. The molecule has 2 aliphatic rings. The largest absolute Gasteiger partial charge is 0.427 e. The first-order valence-electron chi connectivity index (χ1n) is 11.2. The zero-order chi connectivity index (χ0) is 24.7. The lowest BCUT2D eigenvalue weighted by atomic mass is 9.85. The Morgan fingerprint density at radius 1 is 1.09 bits per heavy atom. The molecule has 1 saturated heterocycles. The Labute approximate surface area is 203 Å². The number of esters is 1. The van der Waals surface area contributed by atoms with Gasteiger partial charge in [-0.2, -0.15) is 5.06 Å². The number of halogens is 2. The molecular formula is C26H28ClFN2O4. The van der Waals surface area contributed by atoms with Crippen LogP contribution in [0.2, 0.25) is 5.02 Å². The van der Waals surface area contributed by atoms with E-state index in [9.17, 15) is 14.0 Å². The number of hydroxylamine groups is 2. The van der Waals surface area contributed by atoms with E-state index in [1.54, 1.807) is 63.3 Å².